The summed E-state index contributed by atoms with van der Waals surface area (Å²) in [7, 11) is 1.50. The van der Waals surface area contributed by atoms with Crippen molar-refractivity contribution in [3.05, 3.63) is 166 Å². The van der Waals surface area contributed by atoms with Crippen molar-refractivity contribution >= 4 is 26.1 Å². The van der Waals surface area contributed by atoms with Gasteiger partial charge in [0, 0.05) is 18.5 Å². The standard InChI is InChI=1S/C55H61N6O11P/c1-37(2)61(38(3)4)73(69-31-14-29-56)72-47-33-50(71-49(47)36-68-55(40-17-11-8-12-18-40,41-21-25-43(64-5)26-22-41)42-23-27-44(65-6)28-24-42)60-34-48-52(59-53(60)62)58-51-45(19-13-20-46(51)70-48)66-32-30-57-54(63)67-35-39-15-9-7-10-16-39/h7-13,15-28,34,37-38,47,49-50H,14,30-33,35-36H2,1-6H3,(H,57,63)(H,58,59,62)/t47-,49+,50+,73?/m0/s1. The number of fused-ring (bicyclic) bond motifs is 2. The molecule has 0 bridgehead atoms. The molecule has 0 spiro atoms. The van der Waals surface area contributed by atoms with Crippen LogP contribution in [0.15, 0.2) is 138 Å². The average Bonchev–Trinajstić information content (AvgIpc) is 3.81. The van der Waals surface area contributed by atoms with Crippen LogP contribution in [0.5, 0.6) is 28.7 Å². The van der Waals surface area contributed by atoms with E-state index in [2.05, 4.69) is 54.1 Å². The lowest BCUT2D eigenvalue weighted by Crippen LogP contribution is -2.39. The molecule has 2 aliphatic heterocycles. The Morgan fingerprint density at radius 3 is 2.14 bits per heavy atom. The monoisotopic (exact) mass is 1010 g/mol. The summed E-state index contributed by atoms with van der Waals surface area (Å²) < 4.78 is 60.2. The summed E-state index contributed by atoms with van der Waals surface area (Å²) in [6.45, 7) is 8.88. The number of hydrogen-bond acceptors (Lipinski definition) is 15. The number of carbonyl (C=O) groups is 1. The zero-order valence-corrected chi connectivity index (χ0v) is 42.7. The second kappa shape index (κ2) is 24.6. The van der Waals surface area contributed by atoms with Crippen LogP contribution in [0.25, 0.3) is 0 Å². The van der Waals surface area contributed by atoms with Crippen molar-refractivity contribution in [2.45, 2.75) is 83.3 Å². The van der Waals surface area contributed by atoms with Gasteiger partial charge < -0.3 is 52.8 Å². The second-order valence-electron chi connectivity index (χ2n) is 17.7. The predicted molar refractivity (Wildman–Crippen MR) is 275 cm³/mol. The maximum absolute atomic E-state index is 14.2. The first-order chi connectivity index (χ1) is 35.5. The van der Waals surface area contributed by atoms with Crippen LogP contribution in [-0.2, 0) is 35.5 Å². The van der Waals surface area contributed by atoms with E-state index in [9.17, 15) is 14.9 Å². The number of hydrogen-bond donors (Lipinski definition) is 2. The van der Waals surface area contributed by atoms with Crippen molar-refractivity contribution in [2.24, 2.45) is 0 Å². The van der Waals surface area contributed by atoms with Crippen molar-refractivity contribution in [3.8, 4) is 34.8 Å². The summed E-state index contributed by atoms with van der Waals surface area (Å²) in [6, 6.07) is 42.4. The van der Waals surface area contributed by atoms with Gasteiger partial charge in [-0.05, 0) is 86.3 Å². The molecule has 382 valence electrons. The molecule has 3 heterocycles. The lowest BCUT2D eigenvalue weighted by molar-refractivity contribution is -0.0926. The van der Waals surface area contributed by atoms with E-state index < -0.39 is 44.3 Å². The number of aromatic nitrogens is 2. The molecule has 6 aromatic rings. The van der Waals surface area contributed by atoms with E-state index in [1.807, 2.05) is 109 Å². The quantitative estimate of drug-likeness (QED) is 0.0350. The van der Waals surface area contributed by atoms with Gasteiger partial charge in [-0.3, -0.25) is 4.57 Å². The largest absolute Gasteiger partial charge is 0.497 e. The first-order valence-electron chi connectivity index (χ1n) is 24.2. The molecule has 73 heavy (non-hydrogen) atoms. The van der Waals surface area contributed by atoms with Gasteiger partial charge in [-0.25, -0.2) is 14.3 Å². The molecule has 0 radical (unpaired) electrons. The van der Waals surface area contributed by atoms with Gasteiger partial charge in [0.05, 0.1) is 58.8 Å². The van der Waals surface area contributed by atoms with E-state index in [0.717, 1.165) is 22.3 Å². The molecule has 8 rings (SSSR count). The Morgan fingerprint density at radius 1 is 0.863 bits per heavy atom. The Kier molecular flexibility index (Phi) is 17.6. The van der Waals surface area contributed by atoms with Crippen molar-refractivity contribution in [1.29, 1.82) is 5.26 Å². The Balaban J connectivity index is 1.07. The van der Waals surface area contributed by atoms with Gasteiger partial charge in [0.1, 0.15) is 54.1 Å². The molecule has 1 amide bonds. The summed E-state index contributed by atoms with van der Waals surface area (Å²) in [5.74, 6) is 2.70. The highest BCUT2D eigenvalue weighted by molar-refractivity contribution is 7.44. The smallest absolute Gasteiger partial charge is 0.407 e. The molecule has 18 heteroatoms. The lowest BCUT2D eigenvalue weighted by Gasteiger charge is -2.39. The normalized spacial score (nSPS) is 16.4. The van der Waals surface area contributed by atoms with Gasteiger partial charge in [0.2, 0.25) is 0 Å². The third-order valence-corrected chi connectivity index (χ3v) is 14.4. The van der Waals surface area contributed by atoms with Crippen LogP contribution in [0.3, 0.4) is 0 Å². The number of anilines is 2. The first kappa shape index (κ1) is 52.3. The number of methoxy groups -OCH3 is 2. The van der Waals surface area contributed by atoms with Crippen molar-refractivity contribution in [2.75, 3.05) is 45.9 Å². The summed E-state index contributed by atoms with van der Waals surface area (Å²) in [4.78, 5) is 31.0. The van der Waals surface area contributed by atoms with Gasteiger partial charge in [-0.1, -0.05) is 91.0 Å². The lowest BCUT2D eigenvalue weighted by atomic mass is 9.80. The minimum atomic E-state index is -1.75. The van der Waals surface area contributed by atoms with Crippen molar-refractivity contribution in [3.63, 3.8) is 0 Å². The molecule has 1 aromatic heterocycles. The number of ether oxygens (including phenoxy) is 7. The molecule has 1 saturated heterocycles. The number of amides is 1. The summed E-state index contributed by atoms with van der Waals surface area (Å²) >= 11 is 0. The Morgan fingerprint density at radius 2 is 1.51 bits per heavy atom. The van der Waals surface area contributed by atoms with Gasteiger partial charge in [0.15, 0.2) is 17.3 Å². The minimum absolute atomic E-state index is 0.00936. The molecule has 4 atom stereocenters. The van der Waals surface area contributed by atoms with Gasteiger partial charge in [-0.2, -0.15) is 10.2 Å². The van der Waals surface area contributed by atoms with Crippen molar-refractivity contribution in [1.82, 2.24) is 19.5 Å². The van der Waals surface area contributed by atoms with E-state index in [1.165, 1.54) is 4.57 Å². The first-order valence-corrected chi connectivity index (χ1v) is 25.3. The summed E-state index contributed by atoms with van der Waals surface area (Å²) in [6.07, 6.45) is -0.936. The van der Waals surface area contributed by atoms with Crippen molar-refractivity contribution < 1.29 is 47.0 Å². The fourth-order valence-electron chi connectivity index (χ4n) is 8.81. The van der Waals surface area contributed by atoms with Crippen LogP contribution in [0.1, 0.15) is 69.0 Å². The summed E-state index contributed by atoms with van der Waals surface area (Å²) in [5.41, 5.74) is 2.06. The third-order valence-electron chi connectivity index (χ3n) is 12.2. The van der Waals surface area contributed by atoms with Crippen LogP contribution in [-0.4, -0.2) is 85.2 Å². The average molecular weight is 1010 g/mol. The number of alkyl carbamates (subject to hydrolysis) is 1. The molecule has 1 unspecified atom stereocenters. The summed E-state index contributed by atoms with van der Waals surface area (Å²) in [5, 5.41) is 15.4. The zero-order chi connectivity index (χ0) is 51.3. The van der Waals surface area contributed by atoms with E-state index in [1.54, 1.807) is 38.6 Å². The number of para-hydroxylation sites is 1. The second-order valence-corrected chi connectivity index (χ2v) is 19.1. The van der Waals surface area contributed by atoms with E-state index in [-0.39, 0.29) is 69.5 Å². The number of rotatable bonds is 23. The molecular formula is C55H61N6O11P. The molecule has 1 fully saturated rings. The zero-order valence-electron chi connectivity index (χ0n) is 41.8. The Labute approximate surface area is 426 Å². The number of nitrogens with zero attached hydrogens (tertiary/aromatic N) is 4. The van der Waals surface area contributed by atoms with Crippen LogP contribution < -0.4 is 35.3 Å². The topological polar surface area (TPSA) is 186 Å². The molecule has 5 aromatic carbocycles. The molecular weight excluding hydrogens is 952 g/mol. The Bertz CT molecular complexity index is 2790. The predicted octanol–water partition coefficient (Wildman–Crippen LogP) is 10.4. The van der Waals surface area contributed by atoms with Crippen LogP contribution in [0.4, 0.5) is 16.3 Å². The number of nitrogens with one attached hydrogen (secondary N) is 2. The third kappa shape index (κ3) is 12.4. The van der Waals surface area contributed by atoms with E-state index in [0.29, 0.717) is 28.7 Å². The molecule has 2 aliphatic rings. The molecule has 2 N–H and O–H groups in total. The Hall–Kier alpha value is -7.03. The van der Waals surface area contributed by atoms with Gasteiger partial charge in [-0.15, -0.1) is 0 Å². The van der Waals surface area contributed by atoms with Gasteiger partial charge in [0.25, 0.3) is 8.53 Å². The number of nitriles is 1. The maximum atomic E-state index is 14.2. The van der Waals surface area contributed by atoms with Crippen LogP contribution in [0.2, 0.25) is 0 Å². The van der Waals surface area contributed by atoms with Gasteiger partial charge >= 0.3 is 11.8 Å². The highest BCUT2D eigenvalue weighted by Crippen LogP contribution is 2.51. The molecule has 0 saturated carbocycles. The van der Waals surface area contributed by atoms with E-state index >= 15 is 0 Å². The minimum Gasteiger partial charge on any atom is -0.497 e. The van der Waals surface area contributed by atoms with E-state index in [4.69, 9.17) is 42.2 Å². The number of carbonyl (C=O) groups excluding carboxylic acids is 1. The highest BCUT2D eigenvalue weighted by atomic mass is 31.2. The highest BCUT2D eigenvalue weighted by Gasteiger charge is 2.45. The van der Waals surface area contributed by atoms with Crippen LogP contribution >= 0.6 is 8.53 Å². The number of benzene rings is 5. The molecule has 0 aliphatic carbocycles. The van der Waals surface area contributed by atoms with Crippen LogP contribution in [0, 0.1) is 11.3 Å². The molecule has 17 nitrogen and oxygen atoms in total. The maximum Gasteiger partial charge on any atom is 0.407 e. The fraction of sp³-hybridized carbons (Fsp3) is 0.345. The SMILES string of the molecule is COc1ccc(C(OC[C@H]2O[C@@H](n3cc4c(nc3=O)Nc3c(OCCNC(=O)OCc5ccccc5)cccc3O4)C[C@@H]2OP(OCCC#N)N(C(C)C)C(C)C)(c2ccccc2)c2ccc(OC)cc2)cc1. The fourth-order valence-corrected chi connectivity index (χ4v) is 10.6.